The molecule has 7 aromatic carbocycles. The van der Waals surface area contributed by atoms with Crippen LogP contribution in [0.4, 0.5) is 0 Å². The van der Waals surface area contributed by atoms with E-state index in [1.54, 1.807) is 0 Å². The van der Waals surface area contributed by atoms with Crippen LogP contribution in [0.1, 0.15) is 25.0 Å². The first-order valence-corrected chi connectivity index (χ1v) is 17.2. The van der Waals surface area contributed by atoms with Crippen molar-refractivity contribution >= 4 is 53.3 Å². The maximum Gasteiger partial charge on any atom is 0.0541 e. The van der Waals surface area contributed by atoms with Crippen molar-refractivity contribution in [2.75, 3.05) is 0 Å². The zero-order chi connectivity index (χ0) is 31.3. The summed E-state index contributed by atoms with van der Waals surface area (Å²) in [6.45, 7) is 4.79. The molecule has 0 fully saturated rings. The Hall–Kier alpha value is -5.44. The molecule has 0 saturated heterocycles. The first-order valence-electron chi connectivity index (χ1n) is 16.3. The second-order valence-corrected chi connectivity index (χ2v) is 14.5. The van der Waals surface area contributed by atoms with Gasteiger partial charge in [-0.15, -0.1) is 11.3 Å². The molecule has 0 atom stereocenters. The van der Waals surface area contributed by atoms with Crippen molar-refractivity contribution < 1.29 is 0 Å². The number of hydrogen-bond acceptors (Lipinski definition) is 1. The number of benzene rings is 7. The zero-order valence-electron chi connectivity index (χ0n) is 26.3. The van der Waals surface area contributed by atoms with Crippen molar-refractivity contribution in [1.29, 1.82) is 0 Å². The molecule has 0 unspecified atom stereocenters. The van der Waals surface area contributed by atoms with E-state index in [0.717, 1.165) is 0 Å². The van der Waals surface area contributed by atoms with Crippen LogP contribution in [0.2, 0.25) is 0 Å². The first-order chi connectivity index (χ1) is 23.0. The Balaban J connectivity index is 1.20. The van der Waals surface area contributed by atoms with Crippen LogP contribution in [0, 0.1) is 0 Å². The summed E-state index contributed by atoms with van der Waals surface area (Å²) in [4.78, 5) is 0. The van der Waals surface area contributed by atoms with Crippen LogP contribution in [-0.4, -0.2) is 4.57 Å². The van der Waals surface area contributed by atoms with Crippen LogP contribution in [0.5, 0.6) is 0 Å². The summed E-state index contributed by atoms with van der Waals surface area (Å²) in [7, 11) is 0. The van der Waals surface area contributed by atoms with Crippen molar-refractivity contribution in [1.82, 2.24) is 4.57 Å². The molecule has 0 spiro atoms. The lowest BCUT2D eigenvalue weighted by Crippen LogP contribution is -2.15. The minimum absolute atomic E-state index is 0.106. The van der Waals surface area contributed by atoms with Crippen LogP contribution in [0.25, 0.3) is 81.0 Å². The van der Waals surface area contributed by atoms with Gasteiger partial charge < -0.3 is 4.57 Å². The molecule has 0 N–H and O–H groups in total. The largest absolute Gasteiger partial charge is 0.309 e. The van der Waals surface area contributed by atoms with Gasteiger partial charge in [-0.25, -0.2) is 0 Å². The van der Waals surface area contributed by atoms with Gasteiger partial charge in [-0.1, -0.05) is 111 Å². The monoisotopic (exact) mass is 617 g/mol. The molecule has 0 amide bonds. The summed E-state index contributed by atoms with van der Waals surface area (Å²) >= 11 is 1.91. The minimum Gasteiger partial charge on any atom is -0.309 e. The van der Waals surface area contributed by atoms with Gasteiger partial charge >= 0.3 is 0 Å². The number of nitrogens with zero attached hydrogens (tertiary/aromatic N) is 1. The van der Waals surface area contributed by atoms with Gasteiger partial charge in [0, 0.05) is 42.0 Å². The number of thiophene rings is 1. The molecule has 0 bridgehead atoms. The van der Waals surface area contributed by atoms with E-state index in [9.17, 15) is 0 Å². The fourth-order valence-electron chi connectivity index (χ4n) is 8.00. The Morgan fingerprint density at radius 2 is 1.02 bits per heavy atom. The normalized spacial score (nSPS) is 13.5. The maximum absolute atomic E-state index is 2.47. The van der Waals surface area contributed by atoms with E-state index in [4.69, 9.17) is 0 Å². The Bertz CT molecular complexity index is 2590. The van der Waals surface area contributed by atoms with Crippen molar-refractivity contribution in [3.63, 3.8) is 0 Å². The fourth-order valence-corrected chi connectivity index (χ4v) is 9.13. The van der Waals surface area contributed by atoms with Crippen LogP contribution < -0.4 is 0 Å². The predicted molar refractivity (Wildman–Crippen MR) is 202 cm³/mol. The second-order valence-electron chi connectivity index (χ2n) is 13.4. The molecule has 9 aromatic rings. The smallest absolute Gasteiger partial charge is 0.0541 e. The molecule has 10 rings (SSSR count). The summed E-state index contributed by atoms with van der Waals surface area (Å²) in [6, 6.07) is 56.2. The van der Waals surface area contributed by atoms with E-state index in [1.165, 1.54) is 92.2 Å². The Morgan fingerprint density at radius 3 is 1.68 bits per heavy atom. The van der Waals surface area contributed by atoms with Gasteiger partial charge in [-0.05, 0) is 99.1 Å². The predicted octanol–water partition coefficient (Wildman–Crippen LogP) is 12.8. The summed E-state index contributed by atoms with van der Waals surface area (Å²) in [6.07, 6.45) is 0. The first kappa shape index (κ1) is 26.7. The average Bonchev–Trinajstić information content (AvgIpc) is 3.72. The van der Waals surface area contributed by atoms with Crippen LogP contribution in [0.3, 0.4) is 0 Å². The molecule has 2 heterocycles. The molecule has 2 aromatic heterocycles. The van der Waals surface area contributed by atoms with Crippen LogP contribution >= 0.6 is 11.3 Å². The number of fused-ring (bicyclic) bond motifs is 9. The zero-order valence-corrected chi connectivity index (χ0v) is 27.1. The van der Waals surface area contributed by atoms with E-state index in [0.29, 0.717) is 0 Å². The van der Waals surface area contributed by atoms with Gasteiger partial charge in [0.1, 0.15) is 0 Å². The topological polar surface area (TPSA) is 4.93 Å². The molecule has 1 nitrogen and oxygen atoms in total. The quantitative estimate of drug-likeness (QED) is 0.186. The van der Waals surface area contributed by atoms with Crippen molar-refractivity contribution in [3.05, 3.63) is 163 Å². The summed E-state index contributed by atoms with van der Waals surface area (Å²) in [5.41, 5.74) is 14.0. The highest BCUT2D eigenvalue weighted by Crippen LogP contribution is 2.52. The average molecular weight is 618 g/mol. The summed E-state index contributed by atoms with van der Waals surface area (Å²) in [5.74, 6) is 0. The molecule has 47 heavy (non-hydrogen) atoms. The third kappa shape index (κ3) is 3.89. The van der Waals surface area contributed by atoms with Crippen LogP contribution in [0.15, 0.2) is 152 Å². The number of aromatic nitrogens is 1. The molecule has 1 aliphatic carbocycles. The highest BCUT2D eigenvalue weighted by molar-refractivity contribution is 7.25. The Morgan fingerprint density at radius 1 is 0.426 bits per heavy atom. The van der Waals surface area contributed by atoms with E-state index < -0.39 is 0 Å². The van der Waals surface area contributed by atoms with E-state index in [2.05, 4.69) is 170 Å². The van der Waals surface area contributed by atoms with E-state index >= 15 is 0 Å². The highest BCUT2D eigenvalue weighted by atomic mass is 32.1. The second kappa shape index (κ2) is 9.78. The van der Waals surface area contributed by atoms with Gasteiger partial charge in [-0.2, -0.15) is 0 Å². The molecule has 0 aliphatic heterocycles. The summed E-state index contributed by atoms with van der Waals surface area (Å²) < 4.78 is 5.20. The van der Waals surface area contributed by atoms with E-state index in [-0.39, 0.29) is 5.41 Å². The van der Waals surface area contributed by atoms with Gasteiger partial charge in [-0.3, -0.25) is 0 Å². The summed E-state index contributed by atoms with van der Waals surface area (Å²) in [5, 5.41) is 5.26. The fraction of sp³-hybridized carbons (Fsp3) is 0.0667. The lowest BCUT2D eigenvalue weighted by molar-refractivity contribution is 0.661. The van der Waals surface area contributed by atoms with E-state index in [1.807, 2.05) is 11.3 Å². The van der Waals surface area contributed by atoms with Gasteiger partial charge in [0.15, 0.2) is 0 Å². The number of hydrogen-bond donors (Lipinski definition) is 0. The van der Waals surface area contributed by atoms with Gasteiger partial charge in [0.05, 0.1) is 11.0 Å². The standard InChI is InChI=1S/C45H31NS/c1-45(2)39-25-32(19-20-33(39)35-26-38-34-15-9-10-16-43(34)47-44(38)27-40(35)45)46-41-21-17-30(28-11-5-3-6-12-28)23-36(41)37-24-31(18-22-42(37)46)29-13-7-4-8-14-29/h3-27H,1-2H3. The number of rotatable bonds is 3. The molecule has 0 saturated carbocycles. The van der Waals surface area contributed by atoms with Gasteiger partial charge in [0.25, 0.3) is 0 Å². The lowest BCUT2D eigenvalue weighted by Gasteiger charge is -2.22. The third-order valence-corrected chi connectivity index (χ3v) is 11.5. The molecule has 1 aliphatic rings. The van der Waals surface area contributed by atoms with Crippen molar-refractivity contribution in [3.8, 4) is 39.1 Å². The lowest BCUT2D eigenvalue weighted by atomic mass is 9.82. The van der Waals surface area contributed by atoms with Crippen LogP contribution in [-0.2, 0) is 5.41 Å². The molecular formula is C45H31NS. The molecule has 222 valence electrons. The third-order valence-electron chi connectivity index (χ3n) is 10.4. The van der Waals surface area contributed by atoms with Crippen molar-refractivity contribution in [2.24, 2.45) is 0 Å². The highest BCUT2D eigenvalue weighted by Gasteiger charge is 2.36. The molecular weight excluding hydrogens is 587 g/mol. The molecule has 2 heteroatoms. The minimum atomic E-state index is -0.106. The van der Waals surface area contributed by atoms with Crippen molar-refractivity contribution in [2.45, 2.75) is 19.3 Å². The Kier molecular flexibility index (Phi) is 5.57. The SMILES string of the molecule is CC1(C)c2cc(-n3c4ccc(-c5ccccc5)cc4c4cc(-c5ccccc5)ccc43)ccc2-c2cc3c(cc21)sc1ccccc13. The Labute approximate surface area is 278 Å². The maximum atomic E-state index is 2.47. The van der Waals surface area contributed by atoms with Gasteiger partial charge in [0.2, 0.25) is 0 Å². The molecule has 0 radical (unpaired) electrons.